The molecule has 0 saturated carbocycles. The predicted octanol–water partition coefficient (Wildman–Crippen LogP) is -1.53. The van der Waals surface area contributed by atoms with Crippen molar-refractivity contribution >= 4 is 5.95 Å². The fraction of sp³-hybridized carbons (Fsp3) is 0.167. The van der Waals surface area contributed by atoms with Crippen molar-refractivity contribution in [1.82, 2.24) is 4.98 Å². The van der Waals surface area contributed by atoms with Gasteiger partial charge in [0.25, 0.3) is 0 Å². The third-order valence-electron chi connectivity index (χ3n) is 2.62. The van der Waals surface area contributed by atoms with E-state index in [1.165, 1.54) is 0 Å². The standard InChI is InChI=1S/C12H11N3.BrH/c1-2-4-10(5-3-1)11-6-8-15-9-7-13-12(15)14-11;/h1-6,8H,7,9H2;1H. The Bertz CT molecular complexity index is 485. The zero-order chi connectivity index (χ0) is 10.1. The van der Waals surface area contributed by atoms with Crippen LogP contribution >= 0.6 is 0 Å². The van der Waals surface area contributed by atoms with Crippen LogP contribution in [0.2, 0.25) is 0 Å². The third kappa shape index (κ3) is 1.93. The molecule has 0 bridgehead atoms. The Morgan fingerprint density at radius 1 is 1.12 bits per heavy atom. The van der Waals surface area contributed by atoms with Gasteiger partial charge in [-0.05, 0) is 0 Å². The van der Waals surface area contributed by atoms with Gasteiger partial charge in [0.2, 0.25) is 0 Å². The Kier molecular flexibility index (Phi) is 3.19. The second-order valence-electron chi connectivity index (χ2n) is 3.62. The van der Waals surface area contributed by atoms with Crippen LogP contribution < -0.4 is 26.9 Å². The summed E-state index contributed by atoms with van der Waals surface area (Å²) >= 11 is 0. The lowest BCUT2D eigenvalue weighted by molar-refractivity contribution is -0.672. The van der Waals surface area contributed by atoms with Gasteiger partial charge in [-0.25, -0.2) is 4.57 Å². The minimum atomic E-state index is 0. The topological polar surface area (TPSA) is 28.8 Å². The molecule has 16 heavy (non-hydrogen) atoms. The minimum absolute atomic E-state index is 0. The van der Waals surface area contributed by atoms with E-state index in [1.54, 1.807) is 0 Å². The van der Waals surface area contributed by atoms with E-state index >= 15 is 0 Å². The van der Waals surface area contributed by atoms with Crippen LogP contribution in [0.1, 0.15) is 0 Å². The van der Waals surface area contributed by atoms with Crippen molar-refractivity contribution in [3.8, 4) is 11.3 Å². The van der Waals surface area contributed by atoms with Crippen LogP contribution in [-0.2, 0) is 6.54 Å². The summed E-state index contributed by atoms with van der Waals surface area (Å²) in [5.74, 6) is 0.969. The van der Waals surface area contributed by atoms with E-state index in [0.29, 0.717) is 0 Å². The Morgan fingerprint density at radius 3 is 2.75 bits per heavy atom. The number of rotatable bonds is 1. The molecular weight excluding hydrogens is 266 g/mol. The molecule has 0 unspecified atom stereocenters. The average Bonchev–Trinajstić information content (AvgIpc) is 2.77. The number of fused-ring (bicyclic) bond motifs is 1. The second kappa shape index (κ2) is 4.61. The number of nitrogens with one attached hydrogen (secondary N) is 1. The summed E-state index contributed by atoms with van der Waals surface area (Å²) in [4.78, 5) is 4.58. The maximum atomic E-state index is 4.58. The van der Waals surface area contributed by atoms with Gasteiger partial charge in [-0.3, -0.25) is 5.32 Å². The SMILES string of the molecule is [Br-].c1ccc(-c2cc[n+]3c(n2)NCC3)cc1. The molecule has 2 aromatic rings. The van der Waals surface area contributed by atoms with Gasteiger partial charge < -0.3 is 17.0 Å². The summed E-state index contributed by atoms with van der Waals surface area (Å²) in [6.45, 7) is 1.99. The first kappa shape index (κ1) is 11.1. The summed E-state index contributed by atoms with van der Waals surface area (Å²) in [5.41, 5.74) is 2.19. The van der Waals surface area contributed by atoms with Crippen LogP contribution in [0.25, 0.3) is 11.3 Å². The Labute approximate surface area is 105 Å². The molecule has 1 aromatic heterocycles. The van der Waals surface area contributed by atoms with Crippen LogP contribution in [0.5, 0.6) is 0 Å². The van der Waals surface area contributed by atoms with E-state index in [4.69, 9.17) is 0 Å². The second-order valence-corrected chi connectivity index (χ2v) is 3.62. The van der Waals surface area contributed by atoms with Crippen molar-refractivity contribution in [3.05, 3.63) is 42.6 Å². The largest absolute Gasteiger partial charge is 1.00 e. The first-order valence-corrected chi connectivity index (χ1v) is 5.13. The Balaban J connectivity index is 0.000000963. The molecule has 1 aliphatic heterocycles. The predicted molar refractivity (Wildman–Crippen MR) is 58.4 cm³/mol. The number of benzene rings is 1. The van der Waals surface area contributed by atoms with Crippen molar-refractivity contribution in [2.24, 2.45) is 0 Å². The van der Waals surface area contributed by atoms with Gasteiger partial charge in [0, 0.05) is 11.6 Å². The lowest BCUT2D eigenvalue weighted by Gasteiger charge is -1.98. The van der Waals surface area contributed by atoms with E-state index in [-0.39, 0.29) is 17.0 Å². The quantitative estimate of drug-likeness (QED) is 0.641. The summed E-state index contributed by atoms with van der Waals surface area (Å²) in [6, 6.07) is 12.3. The molecule has 1 aliphatic rings. The van der Waals surface area contributed by atoms with Crippen LogP contribution in [-0.4, -0.2) is 11.5 Å². The summed E-state index contributed by atoms with van der Waals surface area (Å²) in [7, 11) is 0. The fourth-order valence-electron chi connectivity index (χ4n) is 1.83. The van der Waals surface area contributed by atoms with Gasteiger partial charge in [-0.1, -0.05) is 35.3 Å². The van der Waals surface area contributed by atoms with Crippen molar-refractivity contribution in [2.75, 3.05) is 11.9 Å². The molecule has 1 aromatic carbocycles. The van der Waals surface area contributed by atoms with Crippen molar-refractivity contribution in [2.45, 2.75) is 6.54 Å². The number of halogens is 1. The van der Waals surface area contributed by atoms with Gasteiger partial charge in [0.1, 0.15) is 6.54 Å². The zero-order valence-electron chi connectivity index (χ0n) is 8.73. The first-order valence-electron chi connectivity index (χ1n) is 5.13. The van der Waals surface area contributed by atoms with Crippen LogP contribution in [0.4, 0.5) is 5.95 Å². The van der Waals surface area contributed by atoms with Gasteiger partial charge in [0.05, 0.1) is 12.7 Å². The molecular formula is C12H12BrN3. The van der Waals surface area contributed by atoms with Crippen LogP contribution in [0, 0.1) is 0 Å². The number of anilines is 1. The summed E-state index contributed by atoms with van der Waals surface area (Å²) in [5, 5.41) is 3.26. The highest BCUT2D eigenvalue weighted by Crippen LogP contribution is 2.16. The number of aromatic nitrogens is 2. The van der Waals surface area contributed by atoms with Gasteiger partial charge in [-0.15, -0.1) is 0 Å². The number of nitrogens with zero attached hydrogens (tertiary/aromatic N) is 2. The number of hydrogen-bond donors (Lipinski definition) is 1. The monoisotopic (exact) mass is 277 g/mol. The molecule has 0 amide bonds. The van der Waals surface area contributed by atoms with Gasteiger partial charge in [-0.2, -0.15) is 0 Å². The third-order valence-corrected chi connectivity index (χ3v) is 2.62. The van der Waals surface area contributed by atoms with E-state index in [9.17, 15) is 0 Å². The maximum absolute atomic E-state index is 4.58. The smallest absolute Gasteiger partial charge is 0.392 e. The van der Waals surface area contributed by atoms with Crippen molar-refractivity contribution in [1.29, 1.82) is 0 Å². The first-order chi connectivity index (χ1) is 7.43. The van der Waals surface area contributed by atoms with Gasteiger partial charge in [0.15, 0.2) is 5.69 Å². The zero-order valence-corrected chi connectivity index (χ0v) is 10.3. The fourth-order valence-corrected chi connectivity index (χ4v) is 1.83. The molecule has 0 atom stereocenters. The van der Waals surface area contributed by atoms with Crippen molar-refractivity contribution < 1.29 is 21.5 Å². The van der Waals surface area contributed by atoms with Crippen LogP contribution in [0.3, 0.4) is 0 Å². The lowest BCUT2D eigenvalue weighted by atomic mass is 10.1. The highest BCUT2D eigenvalue weighted by atomic mass is 79.9. The molecule has 0 fully saturated rings. The molecule has 3 nitrogen and oxygen atoms in total. The average molecular weight is 278 g/mol. The van der Waals surface area contributed by atoms with Gasteiger partial charge >= 0.3 is 5.95 Å². The molecule has 4 heteroatoms. The van der Waals surface area contributed by atoms with Crippen LogP contribution in [0.15, 0.2) is 42.6 Å². The van der Waals surface area contributed by atoms with Crippen molar-refractivity contribution in [3.63, 3.8) is 0 Å². The van der Waals surface area contributed by atoms with E-state index in [2.05, 4.69) is 39.3 Å². The Hall–Kier alpha value is -1.42. The molecule has 1 N–H and O–H groups in total. The highest BCUT2D eigenvalue weighted by Gasteiger charge is 2.19. The normalized spacial score (nSPS) is 12.5. The highest BCUT2D eigenvalue weighted by molar-refractivity contribution is 5.59. The molecule has 0 radical (unpaired) electrons. The van der Waals surface area contributed by atoms with E-state index in [1.807, 2.05) is 18.2 Å². The van der Waals surface area contributed by atoms with E-state index in [0.717, 1.165) is 30.3 Å². The molecule has 0 spiro atoms. The molecule has 0 saturated heterocycles. The van der Waals surface area contributed by atoms with E-state index < -0.39 is 0 Å². The number of hydrogen-bond acceptors (Lipinski definition) is 2. The maximum Gasteiger partial charge on any atom is 0.392 e. The molecule has 3 rings (SSSR count). The lowest BCUT2D eigenvalue weighted by Crippen LogP contribution is -3.00. The molecule has 0 aliphatic carbocycles. The molecule has 82 valence electrons. The summed E-state index contributed by atoms with van der Waals surface area (Å²) in [6.07, 6.45) is 2.09. The minimum Gasteiger partial charge on any atom is -1.00 e. The Morgan fingerprint density at radius 2 is 1.94 bits per heavy atom. The molecule has 2 heterocycles. The summed E-state index contributed by atoms with van der Waals surface area (Å²) < 4.78 is 2.13.